The summed E-state index contributed by atoms with van der Waals surface area (Å²) in [5.74, 6) is -0.397. The molecule has 1 heterocycles. The number of aromatic nitrogens is 2. The molecule has 1 aromatic heterocycles. The second kappa shape index (κ2) is 4.98. The lowest BCUT2D eigenvalue weighted by atomic mass is 10.1. The van der Waals surface area contributed by atoms with Gasteiger partial charge in [-0.2, -0.15) is 5.10 Å². The molecule has 0 aliphatic heterocycles. The maximum Gasteiger partial charge on any atom is 0.338 e. The smallest absolute Gasteiger partial charge is 0.338 e. The molecule has 0 spiro atoms. The Hall–Kier alpha value is -1.55. The average Bonchev–Trinajstić information content (AvgIpc) is 2.79. The number of carbonyl (C=O) groups is 1. The van der Waals surface area contributed by atoms with Crippen molar-refractivity contribution >= 4 is 28.5 Å². The molecule has 2 rings (SSSR count). The molecular weight excluding hydrogens is 252 g/mol. The van der Waals surface area contributed by atoms with Crippen LogP contribution in [0.3, 0.4) is 0 Å². The lowest BCUT2D eigenvalue weighted by molar-refractivity contribution is 0.0603. The highest BCUT2D eigenvalue weighted by Gasteiger charge is 2.16. The van der Waals surface area contributed by atoms with Gasteiger partial charge < -0.3 is 4.74 Å². The number of benzene rings is 1. The van der Waals surface area contributed by atoms with Gasteiger partial charge in [-0.25, -0.2) is 4.79 Å². The molecule has 5 heteroatoms. The van der Waals surface area contributed by atoms with Crippen molar-refractivity contribution in [2.75, 3.05) is 7.11 Å². The van der Waals surface area contributed by atoms with E-state index in [1.54, 1.807) is 12.3 Å². The van der Waals surface area contributed by atoms with Crippen molar-refractivity contribution in [3.8, 4) is 0 Å². The third kappa shape index (κ3) is 2.08. The van der Waals surface area contributed by atoms with Crippen LogP contribution in [0.25, 0.3) is 10.9 Å². The zero-order chi connectivity index (χ0) is 13.3. The topological polar surface area (TPSA) is 44.1 Å². The number of ether oxygens (including phenoxy) is 1. The summed E-state index contributed by atoms with van der Waals surface area (Å²) >= 11 is 6.05. The molecule has 0 N–H and O–H groups in total. The van der Waals surface area contributed by atoms with E-state index in [2.05, 4.69) is 18.9 Å². The summed E-state index contributed by atoms with van der Waals surface area (Å²) in [7, 11) is 1.36. The van der Waals surface area contributed by atoms with Crippen LogP contribution >= 0.6 is 11.6 Å². The number of rotatable bonds is 3. The molecule has 0 saturated carbocycles. The maximum absolute atomic E-state index is 11.7. The first kappa shape index (κ1) is 12.9. The molecule has 1 aromatic carbocycles. The summed E-state index contributed by atoms with van der Waals surface area (Å²) in [5.41, 5.74) is 1.31. The molecule has 96 valence electrons. The third-order valence-electron chi connectivity index (χ3n) is 3.09. The Balaban J connectivity index is 2.68. The van der Waals surface area contributed by atoms with E-state index < -0.39 is 5.97 Å². The predicted molar refractivity (Wildman–Crippen MR) is 71.1 cm³/mol. The van der Waals surface area contributed by atoms with Gasteiger partial charge in [-0.1, -0.05) is 18.5 Å². The van der Waals surface area contributed by atoms with Gasteiger partial charge in [0, 0.05) is 16.5 Å². The van der Waals surface area contributed by atoms with Crippen LogP contribution in [0.2, 0.25) is 5.02 Å². The highest BCUT2D eigenvalue weighted by molar-refractivity contribution is 6.32. The Morgan fingerprint density at radius 2 is 2.28 bits per heavy atom. The van der Waals surface area contributed by atoms with E-state index in [-0.39, 0.29) is 6.04 Å². The molecule has 18 heavy (non-hydrogen) atoms. The Bertz CT molecular complexity index is 592. The summed E-state index contributed by atoms with van der Waals surface area (Å²) in [6, 6.07) is 3.69. The number of hydrogen-bond donors (Lipinski definition) is 0. The van der Waals surface area contributed by atoms with Crippen LogP contribution < -0.4 is 0 Å². The molecule has 0 amide bonds. The lowest BCUT2D eigenvalue weighted by Gasteiger charge is -2.11. The van der Waals surface area contributed by atoms with E-state index in [0.717, 1.165) is 17.3 Å². The number of fused-ring (bicyclic) bond motifs is 1. The van der Waals surface area contributed by atoms with Gasteiger partial charge in [0.1, 0.15) is 0 Å². The molecule has 1 unspecified atom stereocenters. The number of hydrogen-bond acceptors (Lipinski definition) is 3. The minimum Gasteiger partial charge on any atom is -0.465 e. The van der Waals surface area contributed by atoms with Crippen LogP contribution in [0.15, 0.2) is 18.3 Å². The van der Waals surface area contributed by atoms with Crippen LogP contribution in [-0.4, -0.2) is 22.9 Å². The van der Waals surface area contributed by atoms with Crippen molar-refractivity contribution in [2.24, 2.45) is 0 Å². The van der Waals surface area contributed by atoms with Crippen molar-refractivity contribution in [1.29, 1.82) is 0 Å². The molecular formula is C13H15ClN2O2. The normalized spacial score (nSPS) is 12.7. The number of carbonyl (C=O) groups excluding carboxylic acids is 1. The molecule has 2 aromatic rings. The van der Waals surface area contributed by atoms with E-state index in [4.69, 9.17) is 16.3 Å². The van der Waals surface area contributed by atoms with Gasteiger partial charge in [-0.05, 0) is 25.5 Å². The summed E-state index contributed by atoms with van der Waals surface area (Å²) in [5, 5.41) is 5.61. The highest BCUT2D eigenvalue weighted by Crippen LogP contribution is 2.27. The van der Waals surface area contributed by atoms with Crippen molar-refractivity contribution in [3.05, 3.63) is 28.9 Å². The Kier molecular flexibility index (Phi) is 3.57. The van der Waals surface area contributed by atoms with Crippen molar-refractivity contribution in [2.45, 2.75) is 26.3 Å². The van der Waals surface area contributed by atoms with Crippen molar-refractivity contribution in [1.82, 2.24) is 9.78 Å². The van der Waals surface area contributed by atoms with Gasteiger partial charge in [0.2, 0.25) is 0 Å². The SMILES string of the molecule is CCC(C)n1ncc2c(C(=O)OC)cc(Cl)cc21. The van der Waals surface area contributed by atoms with Gasteiger partial charge >= 0.3 is 5.97 Å². The summed E-state index contributed by atoms with van der Waals surface area (Å²) in [4.78, 5) is 11.7. The standard InChI is InChI=1S/C13H15ClN2O2/c1-4-8(2)16-12-6-9(14)5-10(13(17)18-3)11(12)7-15-16/h5-8H,4H2,1-3H3. The van der Waals surface area contributed by atoms with Crippen LogP contribution in [0, 0.1) is 0 Å². The van der Waals surface area contributed by atoms with Crippen LogP contribution in [0.5, 0.6) is 0 Å². The number of halogens is 1. The lowest BCUT2D eigenvalue weighted by Crippen LogP contribution is -2.06. The van der Waals surface area contributed by atoms with Gasteiger partial charge in [-0.3, -0.25) is 4.68 Å². The molecule has 0 fully saturated rings. The molecule has 1 atom stereocenters. The van der Waals surface area contributed by atoms with Crippen molar-refractivity contribution < 1.29 is 9.53 Å². The summed E-state index contributed by atoms with van der Waals surface area (Å²) < 4.78 is 6.64. The maximum atomic E-state index is 11.7. The third-order valence-corrected chi connectivity index (χ3v) is 3.31. The molecule has 0 bridgehead atoms. The molecule has 4 nitrogen and oxygen atoms in total. The first-order chi connectivity index (χ1) is 8.58. The van der Waals surface area contributed by atoms with E-state index >= 15 is 0 Å². The molecule has 0 saturated heterocycles. The second-order valence-corrected chi connectivity index (χ2v) is 4.66. The fourth-order valence-corrected chi connectivity index (χ4v) is 2.13. The zero-order valence-electron chi connectivity index (χ0n) is 10.6. The average molecular weight is 267 g/mol. The number of nitrogens with zero attached hydrogens (tertiary/aromatic N) is 2. The molecule has 0 aliphatic rings. The van der Waals surface area contributed by atoms with E-state index in [1.807, 2.05) is 10.7 Å². The summed E-state index contributed by atoms with van der Waals surface area (Å²) in [6.45, 7) is 4.16. The van der Waals surface area contributed by atoms with Gasteiger partial charge in [0.05, 0.1) is 24.4 Å². The van der Waals surface area contributed by atoms with Gasteiger partial charge in [0.15, 0.2) is 0 Å². The first-order valence-electron chi connectivity index (χ1n) is 5.83. The van der Waals surface area contributed by atoms with E-state index in [9.17, 15) is 4.79 Å². The fourth-order valence-electron chi connectivity index (χ4n) is 1.91. The highest BCUT2D eigenvalue weighted by atomic mass is 35.5. The second-order valence-electron chi connectivity index (χ2n) is 4.22. The number of esters is 1. The summed E-state index contributed by atoms with van der Waals surface area (Å²) in [6.07, 6.45) is 2.64. The molecule has 0 radical (unpaired) electrons. The monoisotopic (exact) mass is 266 g/mol. The van der Waals surface area contributed by atoms with E-state index in [0.29, 0.717) is 10.6 Å². The van der Waals surface area contributed by atoms with Crippen LogP contribution in [0.4, 0.5) is 0 Å². The van der Waals surface area contributed by atoms with E-state index in [1.165, 1.54) is 7.11 Å². The largest absolute Gasteiger partial charge is 0.465 e. The van der Waals surface area contributed by atoms with Crippen LogP contribution in [0.1, 0.15) is 36.7 Å². The number of methoxy groups -OCH3 is 1. The predicted octanol–water partition coefficient (Wildman–Crippen LogP) is 3.45. The Morgan fingerprint density at radius 1 is 1.56 bits per heavy atom. The van der Waals surface area contributed by atoms with Gasteiger partial charge in [0.25, 0.3) is 0 Å². The van der Waals surface area contributed by atoms with Crippen LogP contribution in [-0.2, 0) is 4.74 Å². The van der Waals surface area contributed by atoms with Crippen molar-refractivity contribution in [3.63, 3.8) is 0 Å². The first-order valence-corrected chi connectivity index (χ1v) is 6.21. The quantitative estimate of drug-likeness (QED) is 0.799. The Morgan fingerprint density at radius 3 is 2.89 bits per heavy atom. The molecule has 0 aliphatic carbocycles. The Labute approximate surface area is 110 Å². The minimum atomic E-state index is -0.397. The fraction of sp³-hybridized carbons (Fsp3) is 0.385. The van der Waals surface area contributed by atoms with Gasteiger partial charge in [-0.15, -0.1) is 0 Å². The minimum absolute atomic E-state index is 0.256. The zero-order valence-corrected chi connectivity index (χ0v) is 11.4.